The Hall–Kier alpha value is -2.14. The summed E-state index contributed by atoms with van der Waals surface area (Å²) in [6, 6.07) is 6.00. The Morgan fingerprint density at radius 3 is 2.70 bits per heavy atom. The van der Waals surface area contributed by atoms with Gasteiger partial charge in [0, 0.05) is 53.6 Å². The van der Waals surface area contributed by atoms with Crippen LogP contribution >= 0.6 is 22.9 Å². The number of rotatable bonds is 5. The maximum atomic E-state index is 12.2. The van der Waals surface area contributed by atoms with Crippen molar-refractivity contribution in [1.29, 1.82) is 0 Å². The van der Waals surface area contributed by atoms with Gasteiger partial charge in [-0.2, -0.15) is 0 Å². The smallest absolute Gasteiger partial charge is 0.337 e. The zero-order chi connectivity index (χ0) is 24.1. The summed E-state index contributed by atoms with van der Waals surface area (Å²) in [4.78, 5) is 23.2. The van der Waals surface area contributed by atoms with Gasteiger partial charge in [0.2, 0.25) is 0 Å². The number of benzene rings is 1. The number of carbonyl (C=O) groups excluding carboxylic acids is 1. The molecule has 2 aliphatic heterocycles. The van der Waals surface area contributed by atoms with E-state index in [4.69, 9.17) is 16.3 Å². The van der Waals surface area contributed by atoms with E-state index in [1.807, 2.05) is 28.4 Å². The number of thiazole rings is 1. The van der Waals surface area contributed by atoms with Gasteiger partial charge in [-0.05, 0) is 32.0 Å². The second-order valence-corrected chi connectivity index (χ2v) is 10.3. The third-order valence-corrected chi connectivity index (χ3v) is 7.46. The molecule has 0 saturated carbocycles. The number of carbonyl (C=O) groups is 1. The van der Waals surface area contributed by atoms with E-state index in [0.717, 1.165) is 16.5 Å². The van der Waals surface area contributed by atoms with Gasteiger partial charge in [0.1, 0.15) is 5.82 Å². The SMILES string of the molecule is COC(=O)C1=C2CC(N(C(C)C)S(C)=O)CN2C(c2nccs2)=NC1.Fc1cccc(Cl)c1. The number of esters is 1. The van der Waals surface area contributed by atoms with Gasteiger partial charge in [-0.25, -0.2) is 22.7 Å². The molecule has 1 saturated heterocycles. The minimum atomic E-state index is -1.09. The summed E-state index contributed by atoms with van der Waals surface area (Å²) in [5.74, 6) is 0.138. The Balaban J connectivity index is 0.000000323. The number of fused-ring (bicyclic) bond motifs is 1. The fourth-order valence-electron chi connectivity index (χ4n) is 3.93. The Morgan fingerprint density at radius 1 is 1.42 bits per heavy atom. The largest absolute Gasteiger partial charge is 0.466 e. The van der Waals surface area contributed by atoms with Crippen molar-refractivity contribution in [2.75, 3.05) is 26.5 Å². The number of aromatic nitrogens is 1. The van der Waals surface area contributed by atoms with E-state index < -0.39 is 11.0 Å². The molecule has 2 aromatic rings. The van der Waals surface area contributed by atoms with Crippen LogP contribution in [0.15, 0.2) is 52.1 Å². The van der Waals surface area contributed by atoms with E-state index in [1.54, 1.807) is 24.6 Å². The molecule has 1 fully saturated rings. The van der Waals surface area contributed by atoms with Gasteiger partial charge in [-0.15, -0.1) is 11.3 Å². The lowest BCUT2D eigenvalue weighted by Crippen LogP contribution is -2.43. The molecular formula is C22H26ClFN4O3S2. The second kappa shape index (κ2) is 11.3. The Labute approximate surface area is 204 Å². The van der Waals surface area contributed by atoms with Gasteiger partial charge >= 0.3 is 5.97 Å². The molecular weight excluding hydrogens is 487 g/mol. The lowest BCUT2D eigenvalue weighted by atomic mass is 10.1. The van der Waals surface area contributed by atoms with Crippen LogP contribution in [0, 0.1) is 5.82 Å². The predicted octanol–water partition coefficient (Wildman–Crippen LogP) is 3.89. The molecule has 33 heavy (non-hydrogen) atoms. The first-order chi connectivity index (χ1) is 15.7. The van der Waals surface area contributed by atoms with Crippen molar-refractivity contribution in [2.45, 2.75) is 32.4 Å². The lowest BCUT2D eigenvalue weighted by molar-refractivity contribution is -0.136. The van der Waals surface area contributed by atoms with Crippen molar-refractivity contribution >= 4 is 45.7 Å². The highest BCUT2D eigenvalue weighted by molar-refractivity contribution is 7.81. The molecule has 0 radical (unpaired) electrons. The van der Waals surface area contributed by atoms with E-state index in [1.165, 1.54) is 30.6 Å². The highest BCUT2D eigenvalue weighted by atomic mass is 35.5. The minimum absolute atomic E-state index is 0.0451. The third-order valence-electron chi connectivity index (χ3n) is 5.15. The van der Waals surface area contributed by atoms with E-state index in [0.29, 0.717) is 23.6 Å². The zero-order valence-electron chi connectivity index (χ0n) is 18.8. The first-order valence-electron chi connectivity index (χ1n) is 10.3. The second-order valence-electron chi connectivity index (χ2n) is 7.68. The van der Waals surface area contributed by atoms with E-state index in [2.05, 4.69) is 9.98 Å². The molecule has 178 valence electrons. The zero-order valence-corrected chi connectivity index (χ0v) is 21.2. The van der Waals surface area contributed by atoms with Crippen LogP contribution in [0.2, 0.25) is 5.02 Å². The summed E-state index contributed by atoms with van der Waals surface area (Å²) in [6.45, 7) is 4.98. The molecule has 1 aromatic heterocycles. The number of amidine groups is 1. The van der Waals surface area contributed by atoms with Crippen LogP contribution in [-0.2, 0) is 20.5 Å². The topological polar surface area (TPSA) is 75.1 Å². The maximum absolute atomic E-state index is 12.2. The fourth-order valence-corrected chi connectivity index (χ4v) is 5.92. The van der Waals surface area contributed by atoms with Gasteiger partial charge < -0.3 is 9.64 Å². The quantitative estimate of drug-likeness (QED) is 0.568. The molecule has 7 nitrogen and oxygen atoms in total. The lowest BCUT2D eigenvalue weighted by Gasteiger charge is -2.30. The molecule has 0 spiro atoms. The summed E-state index contributed by atoms with van der Waals surface area (Å²) in [7, 11) is 0.290. The maximum Gasteiger partial charge on any atom is 0.337 e. The van der Waals surface area contributed by atoms with Crippen LogP contribution < -0.4 is 0 Å². The molecule has 1 aromatic carbocycles. The molecule has 11 heteroatoms. The predicted molar refractivity (Wildman–Crippen MR) is 130 cm³/mol. The highest BCUT2D eigenvalue weighted by Crippen LogP contribution is 2.34. The van der Waals surface area contributed by atoms with Crippen LogP contribution in [0.1, 0.15) is 25.3 Å². The van der Waals surface area contributed by atoms with Crippen LogP contribution in [-0.4, -0.2) is 68.7 Å². The van der Waals surface area contributed by atoms with Crippen molar-refractivity contribution in [1.82, 2.24) is 14.2 Å². The summed E-state index contributed by atoms with van der Waals surface area (Å²) in [6.07, 6.45) is 4.09. The molecule has 0 N–H and O–H groups in total. The first-order valence-corrected chi connectivity index (χ1v) is 13.0. The van der Waals surface area contributed by atoms with Gasteiger partial charge in [-0.1, -0.05) is 17.7 Å². The molecule has 0 bridgehead atoms. The van der Waals surface area contributed by atoms with Crippen LogP contribution in [0.3, 0.4) is 0 Å². The average Bonchev–Trinajstić information content (AvgIpc) is 3.42. The Kier molecular flexibility index (Phi) is 8.75. The van der Waals surface area contributed by atoms with Gasteiger partial charge in [0.15, 0.2) is 10.8 Å². The summed E-state index contributed by atoms with van der Waals surface area (Å²) < 4.78 is 31.2. The number of aliphatic imine (C=N–C) groups is 1. The van der Waals surface area contributed by atoms with Gasteiger partial charge in [0.05, 0.1) is 30.2 Å². The number of halogens is 2. The number of methoxy groups -OCH3 is 1. The normalized spacial score (nSPS) is 18.6. The van der Waals surface area contributed by atoms with Crippen molar-refractivity contribution in [2.24, 2.45) is 4.99 Å². The number of ether oxygens (including phenoxy) is 1. The monoisotopic (exact) mass is 512 g/mol. The van der Waals surface area contributed by atoms with E-state index in [-0.39, 0.29) is 30.4 Å². The molecule has 4 rings (SSSR count). The molecule has 2 atom stereocenters. The summed E-state index contributed by atoms with van der Waals surface area (Å²) >= 11 is 6.93. The third kappa shape index (κ3) is 6.06. The molecule has 2 aliphatic rings. The summed E-state index contributed by atoms with van der Waals surface area (Å²) in [5, 5.41) is 3.17. The molecule has 3 heterocycles. The van der Waals surface area contributed by atoms with Crippen LogP contribution in [0.25, 0.3) is 0 Å². The first kappa shape index (κ1) is 25.5. The summed E-state index contributed by atoms with van der Waals surface area (Å²) in [5.41, 5.74) is 1.49. The minimum Gasteiger partial charge on any atom is -0.466 e. The van der Waals surface area contributed by atoms with Gasteiger partial charge in [0.25, 0.3) is 0 Å². The Morgan fingerprint density at radius 2 is 2.18 bits per heavy atom. The molecule has 0 amide bonds. The van der Waals surface area contributed by atoms with Crippen molar-refractivity contribution < 1.29 is 18.1 Å². The van der Waals surface area contributed by atoms with Crippen LogP contribution in [0.5, 0.6) is 0 Å². The highest BCUT2D eigenvalue weighted by Gasteiger charge is 2.41. The van der Waals surface area contributed by atoms with Crippen molar-refractivity contribution in [3.05, 3.63) is 63.0 Å². The molecule has 0 aliphatic carbocycles. The van der Waals surface area contributed by atoms with Crippen molar-refractivity contribution in [3.8, 4) is 0 Å². The Bertz CT molecular complexity index is 1060. The van der Waals surface area contributed by atoms with Gasteiger partial charge in [-0.3, -0.25) is 4.99 Å². The van der Waals surface area contributed by atoms with Crippen LogP contribution in [0.4, 0.5) is 4.39 Å². The fraction of sp³-hybridized carbons (Fsp3) is 0.409. The number of hydrogen-bond donors (Lipinski definition) is 0. The number of nitrogens with zero attached hydrogens (tertiary/aromatic N) is 4. The van der Waals surface area contributed by atoms with E-state index >= 15 is 0 Å². The number of hydrogen-bond acceptors (Lipinski definition) is 7. The van der Waals surface area contributed by atoms with Crippen molar-refractivity contribution in [3.63, 3.8) is 0 Å². The molecule has 2 unspecified atom stereocenters. The average molecular weight is 513 g/mol. The standard InChI is InChI=1S/C16H22N4O3S2.C6H4ClF/c1-10(2)20(25(4)22)11-7-13-12(16(21)23-3)8-18-14(19(13)9-11)15-17-5-6-24-15;7-5-2-1-3-6(8)4-5/h5-6,10-11H,7-9H2,1-4H3;1-4H. The van der Waals surface area contributed by atoms with E-state index in [9.17, 15) is 13.4 Å².